The largest absolute Gasteiger partial charge is 0.463 e. The second-order valence-electron chi connectivity index (χ2n) is 6.72. The highest BCUT2D eigenvalue weighted by Crippen LogP contribution is 2.13. The SMILES string of the molecule is CCCCCCOC(=O)/C=C(C)/C=C/CC(C)CCC=C(C)C. The first-order valence-electron chi connectivity index (χ1n) is 9.10. The lowest BCUT2D eigenvalue weighted by molar-refractivity contribution is -0.137. The van der Waals surface area contributed by atoms with Crippen LogP contribution in [0.15, 0.2) is 35.5 Å². The molecule has 0 rings (SSSR count). The van der Waals surface area contributed by atoms with Crippen molar-refractivity contribution in [2.75, 3.05) is 6.61 Å². The number of hydrogen-bond donors (Lipinski definition) is 0. The van der Waals surface area contributed by atoms with Gasteiger partial charge in [0.25, 0.3) is 0 Å². The van der Waals surface area contributed by atoms with Gasteiger partial charge in [0.05, 0.1) is 6.61 Å². The van der Waals surface area contributed by atoms with Crippen LogP contribution in [0.4, 0.5) is 0 Å². The van der Waals surface area contributed by atoms with E-state index in [1.807, 2.05) is 13.0 Å². The van der Waals surface area contributed by atoms with Gasteiger partial charge in [0.15, 0.2) is 0 Å². The number of rotatable bonds is 12. The molecule has 0 amide bonds. The maximum absolute atomic E-state index is 11.6. The van der Waals surface area contributed by atoms with Gasteiger partial charge in [-0.25, -0.2) is 4.79 Å². The zero-order valence-corrected chi connectivity index (χ0v) is 15.9. The van der Waals surface area contributed by atoms with Gasteiger partial charge in [-0.3, -0.25) is 0 Å². The second-order valence-corrected chi connectivity index (χ2v) is 6.72. The molecule has 0 aliphatic carbocycles. The molecule has 0 N–H and O–H groups in total. The molecule has 0 spiro atoms. The van der Waals surface area contributed by atoms with E-state index in [1.54, 1.807) is 6.08 Å². The van der Waals surface area contributed by atoms with Crippen molar-refractivity contribution < 1.29 is 9.53 Å². The Balaban J connectivity index is 3.93. The number of ether oxygens (including phenoxy) is 1. The lowest BCUT2D eigenvalue weighted by Gasteiger charge is -2.06. The molecule has 0 aliphatic heterocycles. The minimum Gasteiger partial charge on any atom is -0.463 e. The standard InChI is InChI=1S/C21H36O2/c1-6-7-8-9-16-23-21(22)17-20(5)15-11-14-19(4)13-10-12-18(2)3/h11-12,15,17,19H,6-10,13-14,16H2,1-5H3/b15-11+,20-17+. The van der Waals surface area contributed by atoms with Crippen LogP contribution in [-0.4, -0.2) is 12.6 Å². The average molecular weight is 321 g/mol. The molecule has 0 radical (unpaired) electrons. The van der Waals surface area contributed by atoms with Gasteiger partial charge < -0.3 is 4.74 Å². The summed E-state index contributed by atoms with van der Waals surface area (Å²) in [4.78, 5) is 11.6. The van der Waals surface area contributed by atoms with Crippen molar-refractivity contribution >= 4 is 5.97 Å². The Morgan fingerprint density at radius 1 is 1.13 bits per heavy atom. The summed E-state index contributed by atoms with van der Waals surface area (Å²) >= 11 is 0. The van der Waals surface area contributed by atoms with Crippen LogP contribution in [0, 0.1) is 5.92 Å². The summed E-state index contributed by atoms with van der Waals surface area (Å²) in [6, 6.07) is 0. The van der Waals surface area contributed by atoms with Crippen LogP contribution < -0.4 is 0 Å². The Kier molecular flexibility index (Phi) is 13.5. The molecule has 0 saturated carbocycles. The van der Waals surface area contributed by atoms with E-state index in [9.17, 15) is 4.79 Å². The second kappa shape index (κ2) is 14.3. The molecule has 132 valence electrons. The summed E-state index contributed by atoms with van der Waals surface area (Å²) in [6.45, 7) is 11.2. The molecule has 0 fully saturated rings. The van der Waals surface area contributed by atoms with Crippen molar-refractivity contribution in [1.29, 1.82) is 0 Å². The maximum Gasteiger partial charge on any atom is 0.331 e. The predicted molar refractivity (Wildman–Crippen MR) is 100 cm³/mol. The number of allylic oxidation sites excluding steroid dienone is 5. The van der Waals surface area contributed by atoms with Gasteiger partial charge in [-0.2, -0.15) is 0 Å². The van der Waals surface area contributed by atoms with E-state index < -0.39 is 0 Å². The molecular formula is C21H36O2. The molecule has 0 aromatic rings. The van der Waals surface area contributed by atoms with Gasteiger partial charge in [0.2, 0.25) is 0 Å². The van der Waals surface area contributed by atoms with Crippen molar-refractivity contribution in [3.63, 3.8) is 0 Å². The Hall–Kier alpha value is -1.31. The van der Waals surface area contributed by atoms with Crippen LogP contribution in [0.2, 0.25) is 0 Å². The van der Waals surface area contributed by atoms with Crippen molar-refractivity contribution in [2.24, 2.45) is 5.92 Å². The van der Waals surface area contributed by atoms with Gasteiger partial charge in [-0.05, 0) is 57.9 Å². The first-order chi connectivity index (χ1) is 11.0. The monoisotopic (exact) mass is 320 g/mol. The third kappa shape index (κ3) is 15.4. The minimum atomic E-state index is -0.222. The Morgan fingerprint density at radius 2 is 1.87 bits per heavy atom. The van der Waals surface area contributed by atoms with E-state index in [-0.39, 0.29) is 5.97 Å². The third-order valence-corrected chi connectivity index (χ3v) is 3.72. The fraction of sp³-hybridized carbons (Fsp3) is 0.667. The molecule has 0 bridgehead atoms. The Bertz CT molecular complexity index is 398. The van der Waals surface area contributed by atoms with E-state index in [0.717, 1.165) is 31.3 Å². The topological polar surface area (TPSA) is 26.3 Å². The maximum atomic E-state index is 11.6. The highest BCUT2D eigenvalue weighted by molar-refractivity contribution is 5.83. The van der Waals surface area contributed by atoms with Crippen LogP contribution in [-0.2, 0) is 9.53 Å². The van der Waals surface area contributed by atoms with E-state index >= 15 is 0 Å². The van der Waals surface area contributed by atoms with Gasteiger partial charge in [-0.15, -0.1) is 0 Å². The summed E-state index contributed by atoms with van der Waals surface area (Å²) < 4.78 is 5.21. The number of unbranched alkanes of at least 4 members (excludes halogenated alkanes) is 3. The Morgan fingerprint density at radius 3 is 2.52 bits per heavy atom. The van der Waals surface area contributed by atoms with Crippen molar-refractivity contribution in [1.82, 2.24) is 0 Å². The lowest BCUT2D eigenvalue weighted by Crippen LogP contribution is -2.03. The van der Waals surface area contributed by atoms with Crippen LogP contribution in [0.25, 0.3) is 0 Å². The summed E-state index contributed by atoms with van der Waals surface area (Å²) in [7, 11) is 0. The highest BCUT2D eigenvalue weighted by atomic mass is 16.5. The number of esters is 1. The molecule has 0 heterocycles. The zero-order chi connectivity index (χ0) is 17.5. The van der Waals surface area contributed by atoms with Crippen LogP contribution in [0.1, 0.15) is 79.6 Å². The lowest BCUT2D eigenvalue weighted by atomic mass is 10.0. The van der Waals surface area contributed by atoms with E-state index in [1.165, 1.54) is 24.8 Å². The molecule has 23 heavy (non-hydrogen) atoms. The highest BCUT2D eigenvalue weighted by Gasteiger charge is 2.00. The molecule has 1 atom stereocenters. The predicted octanol–water partition coefficient (Wildman–Crippen LogP) is 6.39. The van der Waals surface area contributed by atoms with Gasteiger partial charge in [0.1, 0.15) is 0 Å². The summed E-state index contributed by atoms with van der Waals surface area (Å²) in [5, 5.41) is 0. The summed E-state index contributed by atoms with van der Waals surface area (Å²) in [6.07, 6.45) is 16.0. The quantitative estimate of drug-likeness (QED) is 0.137. The molecule has 1 unspecified atom stereocenters. The van der Waals surface area contributed by atoms with Crippen molar-refractivity contribution in [2.45, 2.75) is 79.6 Å². The molecule has 0 aliphatic rings. The summed E-state index contributed by atoms with van der Waals surface area (Å²) in [5.41, 5.74) is 2.35. The number of hydrogen-bond acceptors (Lipinski definition) is 2. The van der Waals surface area contributed by atoms with E-state index in [0.29, 0.717) is 12.5 Å². The Labute approximate surface area is 143 Å². The molecule has 2 nitrogen and oxygen atoms in total. The summed E-state index contributed by atoms with van der Waals surface area (Å²) in [5.74, 6) is 0.445. The van der Waals surface area contributed by atoms with Crippen LogP contribution in [0.3, 0.4) is 0 Å². The fourth-order valence-electron chi connectivity index (χ4n) is 2.24. The number of carbonyl (C=O) groups excluding carboxylic acids is 1. The van der Waals surface area contributed by atoms with Crippen molar-refractivity contribution in [3.05, 3.63) is 35.5 Å². The molecule has 2 heteroatoms. The van der Waals surface area contributed by atoms with Crippen molar-refractivity contribution in [3.8, 4) is 0 Å². The number of carbonyl (C=O) groups is 1. The zero-order valence-electron chi connectivity index (χ0n) is 15.9. The fourth-order valence-corrected chi connectivity index (χ4v) is 2.24. The van der Waals surface area contributed by atoms with Gasteiger partial charge in [-0.1, -0.05) is 56.9 Å². The van der Waals surface area contributed by atoms with Gasteiger partial charge >= 0.3 is 5.97 Å². The average Bonchev–Trinajstić information content (AvgIpc) is 2.46. The third-order valence-electron chi connectivity index (χ3n) is 3.72. The molecular weight excluding hydrogens is 284 g/mol. The molecule has 0 aromatic heterocycles. The van der Waals surface area contributed by atoms with Crippen LogP contribution in [0.5, 0.6) is 0 Å². The van der Waals surface area contributed by atoms with E-state index in [4.69, 9.17) is 4.74 Å². The molecule has 0 aromatic carbocycles. The first-order valence-corrected chi connectivity index (χ1v) is 9.10. The minimum absolute atomic E-state index is 0.222. The molecule has 0 saturated heterocycles. The first kappa shape index (κ1) is 21.7. The smallest absolute Gasteiger partial charge is 0.331 e. The normalized spacial score (nSPS) is 13.2. The van der Waals surface area contributed by atoms with Crippen LogP contribution >= 0.6 is 0 Å². The van der Waals surface area contributed by atoms with Gasteiger partial charge in [0, 0.05) is 6.08 Å². The van der Waals surface area contributed by atoms with E-state index in [2.05, 4.69) is 39.8 Å².